The average molecular weight is 351 g/mol. The lowest BCUT2D eigenvalue weighted by Crippen LogP contribution is -2.30. The minimum Gasteiger partial charge on any atom is -0.497 e. The first-order valence-electron chi connectivity index (χ1n) is 8.43. The number of nitrogens with zero attached hydrogens (tertiary/aromatic N) is 3. The highest BCUT2D eigenvalue weighted by molar-refractivity contribution is 5.94. The molecule has 0 unspecified atom stereocenters. The molecule has 3 aromatic rings. The van der Waals surface area contributed by atoms with Crippen LogP contribution in [0.15, 0.2) is 53.1 Å². The Morgan fingerprint density at radius 1 is 1.19 bits per heavy atom. The van der Waals surface area contributed by atoms with E-state index in [1.54, 1.807) is 36.3 Å². The molecule has 0 saturated carbocycles. The highest BCUT2D eigenvalue weighted by atomic mass is 16.5. The molecule has 0 radical (unpaired) electrons. The fourth-order valence-electron chi connectivity index (χ4n) is 2.63. The lowest BCUT2D eigenvalue weighted by Gasteiger charge is -2.18. The summed E-state index contributed by atoms with van der Waals surface area (Å²) in [6.45, 7) is 4.73. The van der Waals surface area contributed by atoms with Gasteiger partial charge in [0.05, 0.1) is 7.11 Å². The summed E-state index contributed by atoms with van der Waals surface area (Å²) in [7, 11) is 1.59. The van der Waals surface area contributed by atoms with Gasteiger partial charge in [-0.25, -0.2) is 0 Å². The Kier molecular flexibility index (Phi) is 5.31. The number of ether oxygens (including phenoxy) is 1. The fourth-order valence-corrected chi connectivity index (χ4v) is 2.63. The monoisotopic (exact) mass is 351 g/mol. The summed E-state index contributed by atoms with van der Waals surface area (Å²) in [5, 5.41) is 4.03. The van der Waals surface area contributed by atoms with Gasteiger partial charge in [0.1, 0.15) is 12.3 Å². The number of benzene rings is 2. The molecule has 0 saturated heterocycles. The van der Waals surface area contributed by atoms with Crippen LogP contribution in [0, 0.1) is 6.92 Å². The molecular weight excluding hydrogens is 330 g/mol. The van der Waals surface area contributed by atoms with Gasteiger partial charge in [-0.1, -0.05) is 28.9 Å². The second-order valence-electron chi connectivity index (χ2n) is 5.93. The predicted octanol–water partition coefficient (Wildman–Crippen LogP) is 3.72. The van der Waals surface area contributed by atoms with E-state index >= 15 is 0 Å². The number of hydrogen-bond donors (Lipinski definition) is 0. The third kappa shape index (κ3) is 3.91. The van der Waals surface area contributed by atoms with Gasteiger partial charge in [-0.2, -0.15) is 4.98 Å². The van der Waals surface area contributed by atoms with Crippen molar-refractivity contribution >= 4 is 5.91 Å². The molecule has 6 nitrogen and oxygen atoms in total. The second-order valence-corrected chi connectivity index (χ2v) is 5.93. The summed E-state index contributed by atoms with van der Waals surface area (Å²) in [4.78, 5) is 18.8. The first kappa shape index (κ1) is 17.7. The third-order valence-corrected chi connectivity index (χ3v) is 4.08. The van der Waals surface area contributed by atoms with Crippen molar-refractivity contribution < 1.29 is 14.1 Å². The number of carbonyl (C=O) groups excluding carboxylic acids is 1. The molecule has 0 bridgehead atoms. The van der Waals surface area contributed by atoms with E-state index in [4.69, 9.17) is 9.26 Å². The molecule has 1 amide bonds. The van der Waals surface area contributed by atoms with Crippen LogP contribution in [-0.2, 0) is 6.54 Å². The Morgan fingerprint density at radius 3 is 2.62 bits per heavy atom. The maximum atomic E-state index is 12.7. The van der Waals surface area contributed by atoms with E-state index in [-0.39, 0.29) is 12.5 Å². The van der Waals surface area contributed by atoms with E-state index in [1.807, 2.05) is 38.1 Å². The quantitative estimate of drug-likeness (QED) is 0.677. The average Bonchev–Trinajstić information content (AvgIpc) is 3.14. The van der Waals surface area contributed by atoms with Gasteiger partial charge in [0.2, 0.25) is 11.7 Å². The molecular formula is C20H21N3O3. The maximum absolute atomic E-state index is 12.7. The van der Waals surface area contributed by atoms with E-state index < -0.39 is 0 Å². The Morgan fingerprint density at radius 2 is 1.96 bits per heavy atom. The van der Waals surface area contributed by atoms with Gasteiger partial charge in [0, 0.05) is 17.7 Å². The van der Waals surface area contributed by atoms with Gasteiger partial charge < -0.3 is 14.2 Å². The predicted molar refractivity (Wildman–Crippen MR) is 97.9 cm³/mol. The van der Waals surface area contributed by atoms with Crippen LogP contribution in [0.2, 0.25) is 0 Å². The maximum Gasteiger partial charge on any atom is 0.254 e. The third-order valence-electron chi connectivity index (χ3n) is 4.08. The molecule has 134 valence electrons. The Bertz CT molecular complexity index is 887. The van der Waals surface area contributed by atoms with Crippen molar-refractivity contribution in [3.63, 3.8) is 0 Å². The number of hydrogen-bond acceptors (Lipinski definition) is 5. The second kappa shape index (κ2) is 7.82. The van der Waals surface area contributed by atoms with Crippen LogP contribution in [0.5, 0.6) is 5.75 Å². The van der Waals surface area contributed by atoms with E-state index in [9.17, 15) is 4.79 Å². The summed E-state index contributed by atoms with van der Waals surface area (Å²) < 4.78 is 10.5. The molecule has 0 aliphatic carbocycles. The van der Waals surface area contributed by atoms with E-state index in [0.717, 1.165) is 11.1 Å². The van der Waals surface area contributed by atoms with Gasteiger partial charge in [-0.3, -0.25) is 4.79 Å². The number of methoxy groups -OCH3 is 1. The van der Waals surface area contributed by atoms with Crippen molar-refractivity contribution in [2.45, 2.75) is 20.4 Å². The van der Waals surface area contributed by atoms with Gasteiger partial charge in [0.15, 0.2) is 0 Å². The normalized spacial score (nSPS) is 10.6. The van der Waals surface area contributed by atoms with E-state index in [1.165, 1.54) is 0 Å². The lowest BCUT2D eigenvalue weighted by atomic mass is 10.1. The van der Waals surface area contributed by atoms with Crippen molar-refractivity contribution in [3.8, 4) is 17.1 Å². The summed E-state index contributed by atoms with van der Waals surface area (Å²) in [5.41, 5.74) is 2.61. The van der Waals surface area contributed by atoms with Crippen molar-refractivity contribution in [2.24, 2.45) is 0 Å². The number of aryl methyl sites for hydroxylation is 1. The molecule has 6 heteroatoms. The van der Waals surface area contributed by atoms with Crippen LogP contribution in [0.3, 0.4) is 0 Å². The molecule has 0 fully saturated rings. The van der Waals surface area contributed by atoms with Crippen LogP contribution >= 0.6 is 0 Å². The minimum absolute atomic E-state index is 0.0922. The first-order valence-corrected chi connectivity index (χ1v) is 8.43. The molecule has 3 rings (SSSR count). The molecule has 1 heterocycles. The number of rotatable bonds is 6. The summed E-state index contributed by atoms with van der Waals surface area (Å²) in [6, 6.07) is 14.9. The number of aromatic nitrogens is 2. The van der Waals surface area contributed by atoms with Crippen LogP contribution in [0.4, 0.5) is 0 Å². The van der Waals surface area contributed by atoms with Gasteiger partial charge in [-0.05, 0) is 44.2 Å². The standard InChI is InChI=1S/C20H21N3O3/c1-4-23(20(24)15-8-10-17(25-3)11-9-15)13-18-21-19(22-26-18)16-7-5-6-14(2)12-16/h5-12H,4,13H2,1-3H3. The highest BCUT2D eigenvalue weighted by Gasteiger charge is 2.18. The van der Waals surface area contributed by atoms with Crippen molar-refractivity contribution in [2.75, 3.05) is 13.7 Å². The van der Waals surface area contributed by atoms with Crippen molar-refractivity contribution in [1.29, 1.82) is 0 Å². The zero-order valence-corrected chi connectivity index (χ0v) is 15.1. The summed E-state index contributed by atoms with van der Waals surface area (Å²) in [6.07, 6.45) is 0. The molecule has 26 heavy (non-hydrogen) atoms. The van der Waals surface area contributed by atoms with Crippen molar-refractivity contribution in [1.82, 2.24) is 15.0 Å². The topological polar surface area (TPSA) is 68.5 Å². The van der Waals surface area contributed by atoms with Crippen LogP contribution < -0.4 is 4.74 Å². The zero-order chi connectivity index (χ0) is 18.5. The molecule has 0 N–H and O–H groups in total. The molecule has 0 aliphatic heterocycles. The van der Waals surface area contributed by atoms with Gasteiger partial charge in [0.25, 0.3) is 5.91 Å². The highest BCUT2D eigenvalue weighted by Crippen LogP contribution is 2.18. The van der Waals surface area contributed by atoms with Gasteiger partial charge >= 0.3 is 0 Å². The number of amides is 1. The molecule has 0 spiro atoms. The Balaban J connectivity index is 1.74. The Hall–Kier alpha value is -3.15. The van der Waals surface area contributed by atoms with Crippen LogP contribution in [-0.4, -0.2) is 34.6 Å². The largest absolute Gasteiger partial charge is 0.497 e. The molecule has 1 aromatic heterocycles. The SMILES string of the molecule is CCN(Cc1nc(-c2cccc(C)c2)no1)C(=O)c1ccc(OC)cc1. The smallest absolute Gasteiger partial charge is 0.254 e. The van der Waals surface area contributed by atoms with E-state index in [2.05, 4.69) is 10.1 Å². The number of carbonyl (C=O) groups is 1. The zero-order valence-electron chi connectivity index (χ0n) is 15.1. The Labute approximate surface area is 152 Å². The first-order chi connectivity index (χ1) is 12.6. The van der Waals surface area contributed by atoms with Crippen molar-refractivity contribution in [3.05, 3.63) is 65.5 Å². The molecule has 0 aliphatic rings. The molecule has 0 atom stereocenters. The van der Waals surface area contributed by atoms with E-state index in [0.29, 0.717) is 29.6 Å². The summed E-state index contributed by atoms with van der Waals surface area (Å²) >= 11 is 0. The lowest BCUT2D eigenvalue weighted by molar-refractivity contribution is 0.0734. The fraction of sp³-hybridized carbons (Fsp3) is 0.250. The molecule has 2 aromatic carbocycles. The minimum atomic E-state index is -0.0922. The summed E-state index contributed by atoms with van der Waals surface area (Å²) in [5.74, 6) is 1.55. The van der Waals surface area contributed by atoms with Crippen LogP contribution in [0.1, 0.15) is 28.7 Å². The van der Waals surface area contributed by atoms with Gasteiger partial charge in [-0.15, -0.1) is 0 Å². The van der Waals surface area contributed by atoms with Crippen LogP contribution in [0.25, 0.3) is 11.4 Å².